The van der Waals surface area contributed by atoms with Gasteiger partial charge in [0.2, 0.25) is 0 Å². The predicted octanol–water partition coefficient (Wildman–Crippen LogP) is 2.15. The zero-order chi connectivity index (χ0) is 12.8. The summed E-state index contributed by atoms with van der Waals surface area (Å²) in [7, 11) is 0. The normalized spacial score (nSPS) is 18.2. The second kappa shape index (κ2) is 6.26. The molecule has 1 atom stereocenters. The molecule has 1 aromatic carbocycles. The van der Waals surface area contributed by atoms with Gasteiger partial charge in [-0.2, -0.15) is 0 Å². The van der Waals surface area contributed by atoms with Crippen molar-refractivity contribution in [1.29, 1.82) is 0 Å². The smallest absolute Gasteiger partial charge is 0.339 e. The monoisotopic (exact) mass is 250 g/mol. The fourth-order valence-corrected chi connectivity index (χ4v) is 2.00. The van der Waals surface area contributed by atoms with Crippen molar-refractivity contribution in [3.63, 3.8) is 0 Å². The number of urea groups is 1. The molecule has 0 aromatic heterocycles. The molecule has 0 fully saturated rings. The number of amides is 2. The second-order valence-corrected chi connectivity index (χ2v) is 4.09. The van der Waals surface area contributed by atoms with E-state index in [4.69, 9.17) is 9.57 Å². The van der Waals surface area contributed by atoms with E-state index < -0.39 is 0 Å². The lowest BCUT2D eigenvalue weighted by atomic mass is 10.0. The Bertz CT molecular complexity index is 409. The fourth-order valence-electron chi connectivity index (χ4n) is 2.00. The summed E-state index contributed by atoms with van der Waals surface area (Å²) in [6, 6.07) is 7.43. The Morgan fingerprint density at radius 3 is 3.17 bits per heavy atom. The number of carbonyl (C=O) groups excluding carboxylic acids is 1. The molecule has 18 heavy (non-hydrogen) atoms. The Balaban J connectivity index is 2.06. The van der Waals surface area contributed by atoms with E-state index in [1.54, 1.807) is 0 Å². The number of hydrogen-bond acceptors (Lipinski definition) is 3. The molecule has 2 amide bonds. The molecule has 0 radical (unpaired) electrons. The van der Waals surface area contributed by atoms with Gasteiger partial charge in [-0.1, -0.05) is 18.2 Å². The third-order valence-electron chi connectivity index (χ3n) is 2.80. The summed E-state index contributed by atoms with van der Waals surface area (Å²) < 4.78 is 5.64. The number of para-hydroxylation sites is 1. The van der Waals surface area contributed by atoms with Crippen molar-refractivity contribution in [2.45, 2.75) is 25.8 Å². The Morgan fingerprint density at radius 1 is 1.50 bits per heavy atom. The zero-order valence-corrected chi connectivity index (χ0v) is 10.4. The Kier molecular flexibility index (Phi) is 4.41. The molecule has 1 aliphatic heterocycles. The average molecular weight is 250 g/mol. The van der Waals surface area contributed by atoms with Crippen molar-refractivity contribution in [1.82, 2.24) is 10.8 Å². The van der Waals surface area contributed by atoms with Crippen molar-refractivity contribution in [2.75, 3.05) is 13.2 Å². The van der Waals surface area contributed by atoms with Crippen LogP contribution in [0.4, 0.5) is 4.79 Å². The Hall–Kier alpha value is -1.75. The number of hydrogen-bond donors (Lipinski definition) is 2. The van der Waals surface area contributed by atoms with Crippen LogP contribution >= 0.6 is 0 Å². The number of benzene rings is 1. The summed E-state index contributed by atoms with van der Waals surface area (Å²) in [5.74, 6) is 0.844. The first-order valence-corrected chi connectivity index (χ1v) is 6.21. The molecule has 5 nitrogen and oxygen atoms in total. The fraction of sp³-hybridized carbons (Fsp3) is 0.462. The minimum atomic E-state index is -0.321. The maximum Gasteiger partial charge on any atom is 0.339 e. The van der Waals surface area contributed by atoms with E-state index in [2.05, 4.69) is 10.8 Å². The summed E-state index contributed by atoms with van der Waals surface area (Å²) in [4.78, 5) is 16.5. The maximum absolute atomic E-state index is 11.6. The van der Waals surface area contributed by atoms with E-state index in [0.717, 1.165) is 24.2 Å². The summed E-state index contributed by atoms with van der Waals surface area (Å²) in [6.07, 6.45) is 1.77. The third kappa shape index (κ3) is 3.13. The number of ether oxygens (including phenoxy) is 1. The number of rotatable bonds is 3. The van der Waals surface area contributed by atoms with Gasteiger partial charge in [0.1, 0.15) is 5.75 Å². The lowest BCUT2D eigenvalue weighted by Crippen LogP contribution is -2.37. The minimum Gasteiger partial charge on any atom is -0.493 e. The Labute approximate surface area is 106 Å². The molecule has 0 saturated heterocycles. The van der Waals surface area contributed by atoms with Gasteiger partial charge in [0.05, 0.1) is 19.3 Å². The number of fused-ring (bicyclic) bond motifs is 1. The summed E-state index contributed by atoms with van der Waals surface area (Å²) in [5.41, 5.74) is 3.36. The quantitative estimate of drug-likeness (QED) is 0.808. The van der Waals surface area contributed by atoms with Crippen molar-refractivity contribution in [2.24, 2.45) is 0 Å². The van der Waals surface area contributed by atoms with Gasteiger partial charge in [0, 0.05) is 5.56 Å². The summed E-state index contributed by atoms with van der Waals surface area (Å²) >= 11 is 0. The SMILES string of the molecule is CCONC(=O)N[C@@H]1CCCOc2ccccc21. The van der Waals surface area contributed by atoms with Crippen LogP contribution in [0.15, 0.2) is 24.3 Å². The zero-order valence-electron chi connectivity index (χ0n) is 10.4. The van der Waals surface area contributed by atoms with Crippen LogP contribution in [0.5, 0.6) is 5.75 Å². The Morgan fingerprint density at radius 2 is 2.33 bits per heavy atom. The minimum absolute atomic E-state index is 0.0378. The van der Waals surface area contributed by atoms with Gasteiger partial charge in [0.15, 0.2) is 0 Å². The van der Waals surface area contributed by atoms with Crippen LogP contribution in [-0.2, 0) is 4.84 Å². The van der Waals surface area contributed by atoms with Crippen molar-refractivity contribution in [3.05, 3.63) is 29.8 Å². The predicted molar refractivity (Wildman–Crippen MR) is 67.2 cm³/mol. The molecule has 0 aliphatic carbocycles. The van der Waals surface area contributed by atoms with Crippen LogP contribution in [0.3, 0.4) is 0 Å². The van der Waals surface area contributed by atoms with Gasteiger partial charge in [0.25, 0.3) is 0 Å². The number of nitrogens with one attached hydrogen (secondary N) is 2. The van der Waals surface area contributed by atoms with E-state index >= 15 is 0 Å². The highest BCUT2D eigenvalue weighted by Crippen LogP contribution is 2.30. The highest BCUT2D eigenvalue weighted by Gasteiger charge is 2.20. The number of hydroxylamine groups is 1. The molecule has 1 heterocycles. The topological polar surface area (TPSA) is 59.6 Å². The molecule has 0 bridgehead atoms. The van der Waals surface area contributed by atoms with Crippen LogP contribution in [0, 0.1) is 0 Å². The van der Waals surface area contributed by atoms with Gasteiger partial charge in [-0.3, -0.25) is 4.84 Å². The molecule has 1 aromatic rings. The maximum atomic E-state index is 11.6. The molecule has 2 rings (SSSR count). The van der Waals surface area contributed by atoms with E-state index in [1.165, 1.54) is 0 Å². The van der Waals surface area contributed by atoms with Crippen LogP contribution in [0.2, 0.25) is 0 Å². The average Bonchev–Trinajstić information content (AvgIpc) is 2.59. The molecular weight excluding hydrogens is 232 g/mol. The second-order valence-electron chi connectivity index (χ2n) is 4.09. The van der Waals surface area contributed by atoms with Crippen molar-refractivity contribution >= 4 is 6.03 Å². The molecule has 0 saturated carbocycles. The molecule has 2 N–H and O–H groups in total. The lowest BCUT2D eigenvalue weighted by Gasteiger charge is -2.18. The van der Waals surface area contributed by atoms with Crippen molar-refractivity contribution < 1.29 is 14.4 Å². The van der Waals surface area contributed by atoms with Crippen LogP contribution in [0.25, 0.3) is 0 Å². The molecule has 98 valence electrons. The van der Waals surface area contributed by atoms with Crippen LogP contribution in [-0.4, -0.2) is 19.2 Å². The van der Waals surface area contributed by atoms with E-state index in [0.29, 0.717) is 13.2 Å². The highest BCUT2D eigenvalue weighted by atomic mass is 16.7. The van der Waals surface area contributed by atoms with Gasteiger partial charge in [-0.25, -0.2) is 10.3 Å². The largest absolute Gasteiger partial charge is 0.493 e. The molecule has 5 heteroatoms. The third-order valence-corrected chi connectivity index (χ3v) is 2.80. The first kappa shape index (κ1) is 12.7. The first-order valence-electron chi connectivity index (χ1n) is 6.21. The molecule has 0 unspecified atom stereocenters. The summed E-state index contributed by atoms with van der Waals surface area (Å²) in [5, 5.41) is 2.89. The van der Waals surface area contributed by atoms with E-state index in [9.17, 15) is 4.79 Å². The van der Waals surface area contributed by atoms with Gasteiger partial charge in [-0.15, -0.1) is 0 Å². The van der Waals surface area contributed by atoms with Crippen LogP contribution in [0.1, 0.15) is 31.4 Å². The lowest BCUT2D eigenvalue weighted by molar-refractivity contribution is 0.0694. The molecule has 1 aliphatic rings. The number of carbonyl (C=O) groups is 1. The molecular formula is C13H18N2O3. The van der Waals surface area contributed by atoms with Gasteiger partial charge >= 0.3 is 6.03 Å². The molecule has 0 spiro atoms. The standard InChI is InChI=1S/C13H18N2O3/c1-2-18-15-13(16)14-11-7-5-9-17-12-8-4-3-6-10(11)12/h3-4,6,8,11H,2,5,7,9H2,1H3,(H2,14,15,16)/t11-/m1/s1. The highest BCUT2D eigenvalue weighted by molar-refractivity contribution is 5.73. The summed E-state index contributed by atoms with van der Waals surface area (Å²) in [6.45, 7) is 2.94. The van der Waals surface area contributed by atoms with E-state index in [1.807, 2.05) is 31.2 Å². The van der Waals surface area contributed by atoms with Gasteiger partial charge in [-0.05, 0) is 25.8 Å². The van der Waals surface area contributed by atoms with Crippen LogP contribution < -0.4 is 15.5 Å². The first-order chi connectivity index (χ1) is 8.81. The van der Waals surface area contributed by atoms with E-state index in [-0.39, 0.29) is 12.1 Å². The van der Waals surface area contributed by atoms with Gasteiger partial charge < -0.3 is 10.1 Å². The van der Waals surface area contributed by atoms with Crippen molar-refractivity contribution in [3.8, 4) is 5.75 Å².